The van der Waals surface area contributed by atoms with Gasteiger partial charge in [-0.05, 0) is 57.1 Å². The van der Waals surface area contributed by atoms with Gasteiger partial charge in [0.25, 0.3) is 0 Å². The number of benzene rings is 1. The van der Waals surface area contributed by atoms with Crippen molar-refractivity contribution in [3.05, 3.63) is 29.8 Å². The summed E-state index contributed by atoms with van der Waals surface area (Å²) in [6, 6.07) is 6.98. The first-order chi connectivity index (χ1) is 12.3. The third-order valence-corrected chi connectivity index (χ3v) is 6.99. The van der Waals surface area contributed by atoms with E-state index in [-0.39, 0.29) is 41.1 Å². The maximum Gasteiger partial charge on any atom is 0.240 e. The molecule has 1 saturated heterocycles. The molecular formula is C19H30ClN3O3S. The van der Waals surface area contributed by atoms with Crippen LogP contribution in [-0.2, 0) is 14.8 Å². The van der Waals surface area contributed by atoms with Gasteiger partial charge >= 0.3 is 0 Å². The SMILES string of the molecule is Cc1ccc(S(=O)(=O)NCC2CCCN(C(=O)C3CCC(N)C3)C2)cc1.Cl. The Morgan fingerprint density at radius 3 is 2.56 bits per heavy atom. The molecule has 27 heavy (non-hydrogen) atoms. The molecule has 1 heterocycles. The monoisotopic (exact) mass is 415 g/mol. The highest BCUT2D eigenvalue weighted by Crippen LogP contribution is 2.28. The van der Waals surface area contributed by atoms with E-state index in [1.54, 1.807) is 24.3 Å². The van der Waals surface area contributed by atoms with Crippen molar-refractivity contribution in [2.45, 2.75) is 50.0 Å². The van der Waals surface area contributed by atoms with Crippen LogP contribution in [0.15, 0.2) is 29.2 Å². The molecule has 1 saturated carbocycles. The normalized spacial score (nSPS) is 25.9. The van der Waals surface area contributed by atoms with Crippen LogP contribution in [0.5, 0.6) is 0 Å². The lowest BCUT2D eigenvalue weighted by Crippen LogP contribution is -2.45. The summed E-state index contributed by atoms with van der Waals surface area (Å²) in [5.41, 5.74) is 6.96. The van der Waals surface area contributed by atoms with Crippen LogP contribution in [0.4, 0.5) is 0 Å². The van der Waals surface area contributed by atoms with Crippen molar-refractivity contribution in [1.82, 2.24) is 9.62 Å². The number of nitrogens with two attached hydrogens (primary N) is 1. The van der Waals surface area contributed by atoms with E-state index in [9.17, 15) is 13.2 Å². The highest BCUT2D eigenvalue weighted by atomic mass is 35.5. The fourth-order valence-electron chi connectivity index (χ4n) is 3.96. The fourth-order valence-corrected chi connectivity index (χ4v) is 5.08. The zero-order valence-corrected chi connectivity index (χ0v) is 17.4. The summed E-state index contributed by atoms with van der Waals surface area (Å²) in [5.74, 6) is 0.403. The first-order valence-corrected chi connectivity index (χ1v) is 10.9. The Bertz CT molecular complexity index is 739. The summed E-state index contributed by atoms with van der Waals surface area (Å²) in [6.45, 7) is 3.69. The maximum absolute atomic E-state index is 12.7. The van der Waals surface area contributed by atoms with Crippen LogP contribution < -0.4 is 10.5 Å². The average Bonchev–Trinajstić information content (AvgIpc) is 3.06. The number of hydrogen-bond acceptors (Lipinski definition) is 4. The highest BCUT2D eigenvalue weighted by molar-refractivity contribution is 7.89. The van der Waals surface area contributed by atoms with Gasteiger partial charge in [0.05, 0.1) is 4.90 Å². The zero-order valence-electron chi connectivity index (χ0n) is 15.8. The highest BCUT2D eigenvalue weighted by Gasteiger charge is 2.33. The minimum atomic E-state index is -3.51. The summed E-state index contributed by atoms with van der Waals surface area (Å²) in [6.07, 6.45) is 4.43. The van der Waals surface area contributed by atoms with E-state index in [2.05, 4.69) is 4.72 Å². The molecule has 1 aromatic rings. The number of carbonyl (C=O) groups is 1. The maximum atomic E-state index is 12.7. The van der Waals surface area contributed by atoms with Gasteiger partial charge in [-0.2, -0.15) is 0 Å². The van der Waals surface area contributed by atoms with Gasteiger partial charge in [0.15, 0.2) is 0 Å². The number of piperidine rings is 1. The predicted octanol–water partition coefficient (Wildman–Crippen LogP) is 2.06. The lowest BCUT2D eigenvalue weighted by molar-refractivity contribution is -0.137. The number of nitrogens with one attached hydrogen (secondary N) is 1. The van der Waals surface area contributed by atoms with Crippen LogP contribution in [0, 0.1) is 18.8 Å². The van der Waals surface area contributed by atoms with Crippen LogP contribution in [-0.4, -0.2) is 44.9 Å². The molecule has 0 radical (unpaired) electrons. The van der Waals surface area contributed by atoms with Crippen molar-refractivity contribution in [3.63, 3.8) is 0 Å². The largest absolute Gasteiger partial charge is 0.342 e. The predicted molar refractivity (Wildman–Crippen MR) is 108 cm³/mol. The van der Waals surface area contributed by atoms with Crippen LogP contribution in [0.1, 0.15) is 37.7 Å². The number of likely N-dealkylation sites (tertiary alicyclic amines) is 1. The van der Waals surface area contributed by atoms with Gasteiger partial charge in [-0.25, -0.2) is 13.1 Å². The second-order valence-electron chi connectivity index (χ2n) is 7.73. The molecule has 3 rings (SSSR count). The first kappa shape index (κ1) is 22.1. The van der Waals surface area contributed by atoms with E-state index in [1.807, 2.05) is 11.8 Å². The van der Waals surface area contributed by atoms with Crippen molar-refractivity contribution in [3.8, 4) is 0 Å². The lowest BCUT2D eigenvalue weighted by atomic mass is 9.96. The number of rotatable bonds is 5. The minimum Gasteiger partial charge on any atom is -0.342 e. The van der Waals surface area contributed by atoms with Crippen molar-refractivity contribution in [2.75, 3.05) is 19.6 Å². The number of sulfonamides is 1. The van der Waals surface area contributed by atoms with Crippen LogP contribution in [0.3, 0.4) is 0 Å². The molecule has 3 N–H and O–H groups in total. The van der Waals surface area contributed by atoms with Crippen LogP contribution >= 0.6 is 12.4 Å². The van der Waals surface area contributed by atoms with Gasteiger partial charge in [0.2, 0.25) is 15.9 Å². The second kappa shape index (κ2) is 9.37. The molecule has 0 spiro atoms. The van der Waals surface area contributed by atoms with E-state index >= 15 is 0 Å². The number of hydrogen-bond donors (Lipinski definition) is 2. The Balaban J connectivity index is 0.00000261. The van der Waals surface area contributed by atoms with Crippen molar-refractivity contribution in [1.29, 1.82) is 0 Å². The first-order valence-electron chi connectivity index (χ1n) is 9.46. The Kier molecular flexibility index (Phi) is 7.68. The molecule has 1 amide bonds. The van der Waals surface area contributed by atoms with Gasteiger partial charge < -0.3 is 10.6 Å². The van der Waals surface area contributed by atoms with E-state index in [0.29, 0.717) is 13.1 Å². The van der Waals surface area contributed by atoms with Gasteiger partial charge in [-0.15, -0.1) is 12.4 Å². The molecular weight excluding hydrogens is 386 g/mol. The molecule has 0 bridgehead atoms. The van der Waals surface area contributed by atoms with Crippen LogP contribution in [0.25, 0.3) is 0 Å². The molecule has 3 atom stereocenters. The molecule has 2 aliphatic rings. The standard InChI is InChI=1S/C19H29N3O3S.ClH/c1-14-4-8-18(9-5-14)26(24,25)21-12-15-3-2-10-22(13-15)19(23)16-6-7-17(20)11-16;/h4-5,8-9,15-17,21H,2-3,6-7,10-13,20H2,1H3;1H. The third kappa shape index (κ3) is 5.67. The van der Waals surface area contributed by atoms with E-state index < -0.39 is 10.0 Å². The average molecular weight is 416 g/mol. The lowest BCUT2D eigenvalue weighted by Gasteiger charge is -2.34. The molecule has 0 aromatic heterocycles. The molecule has 8 heteroatoms. The molecule has 6 nitrogen and oxygen atoms in total. The second-order valence-corrected chi connectivity index (χ2v) is 9.49. The van der Waals surface area contributed by atoms with Crippen LogP contribution in [0.2, 0.25) is 0 Å². The Morgan fingerprint density at radius 2 is 1.93 bits per heavy atom. The van der Waals surface area contributed by atoms with Crippen molar-refractivity contribution in [2.24, 2.45) is 17.6 Å². The summed E-state index contributed by atoms with van der Waals surface area (Å²) >= 11 is 0. The Labute approximate surface area is 168 Å². The van der Waals surface area contributed by atoms with Gasteiger partial charge in [0.1, 0.15) is 0 Å². The molecule has 152 valence electrons. The number of nitrogens with zero attached hydrogens (tertiary/aromatic N) is 1. The summed E-state index contributed by atoms with van der Waals surface area (Å²) in [7, 11) is -3.51. The molecule has 1 aliphatic carbocycles. The molecule has 1 aliphatic heterocycles. The smallest absolute Gasteiger partial charge is 0.240 e. The Hall–Kier alpha value is -1.15. The quantitative estimate of drug-likeness (QED) is 0.769. The molecule has 1 aromatic carbocycles. The van der Waals surface area contributed by atoms with E-state index in [4.69, 9.17) is 5.73 Å². The van der Waals surface area contributed by atoms with E-state index in [0.717, 1.165) is 44.2 Å². The fraction of sp³-hybridized carbons (Fsp3) is 0.632. The zero-order chi connectivity index (χ0) is 18.7. The van der Waals surface area contributed by atoms with Crippen molar-refractivity contribution >= 4 is 28.3 Å². The topological polar surface area (TPSA) is 92.5 Å². The summed E-state index contributed by atoms with van der Waals surface area (Å²) < 4.78 is 27.6. The van der Waals surface area contributed by atoms with Gasteiger partial charge in [-0.3, -0.25) is 4.79 Å². The number of aryl methyl sites for hydroxylation is 1. The number of carbonyl (C=O) groups excluding carboxylic acids is 1. The Morgan fingerprint density at radius 1 is 1.22 bits per heavy atom. The van der Waals surface area contributed by atoms with E-state index in [1.165, 1.54) is 0 Å². The number of amides is 1. The van der Waals surface area contributed by atoms with Gasteiger partial charge in [0, 0.05) is 31.6 Å². The minimum absolute atomic E-state index is 0. The van der Waals surface area contributed by atoms with Gasteiger partial charge in [-0.1, -0.05) is 17.7 Å². The third-order valence-electron chi connectivity index (χ3n) is 5.55. The molecule has 3 unspecified atom stereocenters. The molecule has 2 fully saturated rings. The van der Waals surface area contributed by atoms with Crippen molar-refractivity contribution < 1.29 is 13.2 Å². The summed E-state index contributed by atoms with van der Waals surface area (Å²) in [5, 5.41) is 0. The summed E-state index contributed by atoms with van der Waals surface area (Å²) in [4.78, 5) is 14.9. The number of halogens is 1.